The van der Waals surface area contributed by atoms with Crippen molar-refractivity contribution in [2.45, 2.75) is 10.6 Å². The molecule has 0 heterocycles. The zero-order valence-electron chi connectivity index (χ0n) is 7.38. The van der Waals surface area contributed by atoms with Crippen LogP contribution in [0.5, 0.6) is 0 Å². The van der Waals surface area contributed by atoms with Gasteiger partial charge in [-0.3, -0.25) is 0 Å². The number of carbonyl (C=O) groups excluding carboxylic acids is 1. The minimum atomic E-state index is -0.383. The predicted molar refractivity (Wildman–Crippen MR) is 53.4 cm³/mol. The van der Waals surface area contributed by atoms with Crippen molar-refractivity contribution in [1.29, 1.82) is 0 Å². The number of hydrogen-bond donors (Lipinski definition) is 0. The van der Waals surface area contributed by atoms with Crippen LogP contribution >= 0.6 is 0 Å². The monoisotopic (exact) mass is 259 g/mol. The van der Waals surface area contributed by atoms with Gasteiger partial charge in [-0.2, -0.15) is 0 Å². The van der Waals surface area contributed by atoms with Gasteiger partial charge in [0.15, 0.2) is 0 Å². The molecule has 4 nitrogen and oxygen atoms in total. The summed E-state index contributed by atoms with van der Waals surface area (Å²) in [5, 5.41) is 11.8. The Morgan fingerprint density at radius 2 is 2.14 bits per heavy atom. The molecular formula is C9H9NO3Se. The third-order valence-corrected chi connectivity index (χ3v) is 3.49. The Balaban J connectivity index is 2.74. The van der Waals surface area contributed by atoms with Crippen molar-refractivity contribution in [2.24, 2.45) is 0 Å². The first-order valence-corrected chi connectivity index (χ1v) is 6.41. The third kappa shape index (κ3) is 2.94. The van der Waals surface area contributed by atoms with Crippen LogP contribution in [0.15, 0.2) is 24.3 Å². The second-order valence-corrected chi connectivity index (χ2v) is 4.73. The van der Waals surface area contributed by atoms with Crippen LogP contribution in [0, 0.1) is 10.1 Å². The van der Waals surface area contributed by atoms with Gasteiger partial charge in [0.05, 0.1) is 0 Å². The Morgan fingerprint density at radius 1 is 1.43 bits per heavy atom. The molecule has 0 aliphatic carbocycles. The predicted octanol–water partition coefficient (Wildman–Crippen LogP) is 1.42. The summed E-state index contributed by atoms with van der Waals surface area (Å²) in [6.45, 7) is 0. The van der Waals surface area contributed by atoms with Crippen molar-refractivity contribution >= 4 is 26.9 Å². The molecule has 1 aromatic carbocycles. The number of aldehydes is 1. The van der Waals surface area contributed by atoms with E-state index in [1.54, 1.807) is 18.2 Å². The number of nitrogens with zero attached hydrogens (tertiary/aromatic N) is 1. The number of benzene rings is 1. The molecule has 0 aliphatic heterocycles. The Kier molecular flexibility index (Phi) is 4.29. The van der Waals surface area contributed by atoms with Gasteiger partial charge in [-0.1, -0.05) is 0 Å². The quantitative estimate of drug-likeness (QED) is 0.264. The van der Waals surface area contributed by atoms with Crippen molar-refractivity contribution < 1.29 is 9.72 Å². The first-order chi connectivity index (χ1) is 6.75. The number of rotatable bonds is 5. The molecule has 0 saturated carbocycles. The first-order valence-electron chi connectivity index (χ1n) is 3.99. The summed E-state index contributed by atoms with van der Waals surface area (Å²) in [7, 11) is 0. The van der Waals surface area contributed by atoms with E-state index in [0.717, 1.165) is 11.8 Å². The van der Waals surface area contributed by atoms with Crippen molar-refractivity contribution in [2.75, 3.05) is 0 Å². The maximum atomic E-state index is 10.6. The molecule has 0 spiro atoms. The van der Waals surface area contributed by atoms with E-state index in [2.05, 4.69) is 0 Å². The average Bonchev–Trinajstić information content (AvgIpc) is 2.19. The molecule has 0 atom stereocenters. The standard InChI is InChI=1S/C9H9NO3Se/c11-5-6-14-7-8-3-1-2-4-9(8)10(12)13/h1-5H,6-7H2. The molecule has 0 saturated heterocycles. The molecule has 0 radical (unpaired) electrons. The van der Waals surface area contributed by atoms with Crippen LogP contribution in [0.25, 0.3) is 0 Å². The molecule has 5 heteroatoms. The second-order valence-electron chi connectivity index (χ2n) is 2.57. The summed E-state index contributed by atoms with van der Waals surface area (Å²) in [6.07, 6.45) is 0.856. The fraction of sp³-hybridized carbons (Fsp3) is 0.222. The number of nitro benzene ring substituents is 1. The Morgan fingerprint density at radius 3 is 2.79 bits per heavy atom. The minimum absolute atomic E-state index is 0.133. The molecule has 0 unspecified atom stereocenters. The zero-order chi connectivity index (χ0) is 10.4. The van der Waals surface area contributed by atoms with Gasteiger partial charge in [0.25, 0.3) is 0 Å². The fourth-order valence-electron chi connectivity index (χ4n) is 1.03. The number of nitro groups is 1. The Bertz CT molecular complexity index is 341. The fourth-order valence-corrected chi connectivity index (χ4v) is 2.45. The molecule has 0 amide bonds. The molecule has 14 heavy (non-hydrogen) atoms. The topological polar surface area (TPSA) is 60.2 Å². The first kappa shape index (κ1) is 10.9. The van der Waals surface area contributed by atoms with Crippen LogP contribution < -0.4 is 0 Å². The van der Waals surface area contributed by atoms with Crippen LogP contribution in [0.3, 0.4) is 0 Å². The van der Waals surface area contributed by atoms with Gasteiger partial charge in [0, 0.05) is 0 Å². The van der Waals surface area contributed by atoms with Crippen LogP contribution in [-0.2, 0) is 10.1 Å². The van der Waals surface area contributed by atoms with E-state index in [0.29, 0.717) is 10.6 Å². The molecule has 0 aromatic heterocycles. The summed E-state index contributed by atoms with van der Waals surface area (Å²) < 4.78 is 0. The molecule has 0 aliphatic rings. The van der Waals surface area contributed by atoms with E-state index in [9.17, 15) is 14.9 Å². The van der Waals surface area contributed by atoms with Crippen LogP contribution in [0.2, 0.25) is 5.32 Å². The van der Waals surface area contributed by atoms with Gasteiger partial charge in [-0.15, -0.1) is 0 Å². The van der Waals surface area contributed by atoms with Crippen molar-refractivity contribution in [3.8, 4) is 0 Å². The summed E-state index contributed by atoms with van der Waals surface area (Å²) in [4.78, 5) is 20.3. The molecule has 74 valence electrons. The van der Waals surface area contributed by atoms with E-state index in [-0.39, 0.29) is 25.6 Å². The van der Waals surface area contributed by atoms with Crippen LogP contribution in [0.1, 0.15) is 5.56 Å². The van der Waals surface area contributed by atoms with E-state index in [1.165, 1.54) is 6.07 Å². The molecule has 1 aromatic rings. The summed E-state index contributed by atoms with van der Waals surface area (Å²) in [6, 6.07) is 6.66. The number of hydrogen-bond acceptors (Lipinski definition) is 3. The Hall–Kier alpha value is -1.19. The maximum absolute atomic E-state index is 10.6. The normalized spacial score (nSPS) is 9.71. The molecule has 0 fully saturated rings. The van der Waals surface area contributed by atoms with Crippen LogP contribution in [-0.4, -0.2) is 26.2 Å². The number of para-hydroxylation sites is 1. The summed E-state index contributed by atoms with van der Waals surface area (Å²) >= 11 is 0.133. The van der Waals surface area contributed by atoms with E-state index in [1.807, 2.05) is 0 Å². The van der Waals surface area contributed by atoms with E-state index in [4.69, 9.17) is 0 Å². The van der Waals surface area contributed by atoms with Crippen molar-refractivity contribution in [3.63, 3.8) is 0 Å². The summed E-state index contributed by atoms with van der Waals surface area (Å²) in [5.74, 6) is 0. The SMILES string of the molecule is O=CC[Se]Cc1ccccc1[N+](=O)[O-]. The van der Waals surface area contributed by atoms with Gasteiger partial charge in [0.1, 0.15) is 0 Å². The zero-order valence-corrected chi connectivity index (χ0v) is 9.09. The molecular weight excluding hydrogens is 249 g/mol. The van der Waals surface area contributed by atoms with Gasteiger partial charge >= 0.3 is 87.2 Å². The molecule has 1 rings (SSSR count). The van der Waals surface area contributed by atoms with Crippen LogP contribution in [0.4, 0.5) is 5.69 Å². The second kappa shape index (κ2) is 5.52. The van der Waals surface area contributed by atoms with E-state index < -0.39 is 0 Å². The average molecular weight is 258 g/mol. The van der Waals surface area contributed by atoms with E-state index >= 15 is 0 Å². The number of carbonyl (C=O) groups is 1. The van der Waals surface area contributed by atoms with Crippen molar-refractivity contribution in [1.82, 2.24) is 0 Å². The van der Waals surface area contributed by atoms with Gasteiger partial charge in [-0.25, -0.2) is 0 Å². The third-order valence-electron chi connectivity index (χ3n) is 1.63. The van der Waals surface area contributed by atoms with Gasteiger partial charge < -0.3 is 0 Å². The van der Waals surface area contributed by atoms with Gasteiger partial charge in [-0.05, 0) is 0 Å². The molecule has 0 N–H and O–H groups in total. The summed E-state index contributed by atoms with van der Waals surface area (Å²) in [5.41, 5.74) is 0.875. The van der Waals surface area contributed by atoms with Gasteiger partial charge in [0.2, 0.25) is 0 Å². The molecule has 0 bridgehead atoms. The Labute approximate surface area is 87.6 Å². The van der Waals surface area contributed by atoms with Crippen molar-refractivity contribution in [3.05, 3.63) is 39.9 Å².